The van der Waals surface area contributed by atoms with Crippen LogP contribution in [0.15, 0.2) is 65.7 Å². The molecule has 4 atom stereocenters. The normalized spacial score (nSPS) is 24.3. The van der Waals surface area contributed by atoms with Crippen LogP contribution in [0.2, 0.25) is 0 Å². The Morgan fingerprint density at radius 3 is 2.47 bits per heavy atom. The molecule has 0 spiro atoms. The molecule has 1 saturated heterocycles. The minimum atomic E-state index is -0.648. The molecule has 184 valence electrons. The van der Waals surface area contributed by atoms with E-state index in [-0.39, 0.29) is 36.6 Å². The number of amides is 2. The Morgan fingerprint density at radius 1 is 1.08 bits per heavy atom. The number of pyridine rings is 2. The van der Waals surface area contributed by atoms with Gasteiger partial charge in [0.1, 0.15) is 0 Å². The second kappa shape index (κ2) is 8.71. The maximum absolute atomic E-state index is 13.8. The van der Waals surface area contributed by atoms with Crippen LogP contribution >= 0.6 is 0 Å². The van der Waals surface area contributed by atoms with Crippen LogP contribution in [0, 0.1) is 11.8 Å². The van der Waals surface area contributed by atoms with E-state index in [4.69, 9.17) is 0 Å². The third-order valence-electron chi connectivity index (χ3n) is 8.08. The van der Waals surface area contributed by atoms with E-state index in [9.17, 15) is 19.5 Å². The number of carbonyl (C=O) groups excluding carboxylic acids is 2. The third kappa shape index (κ3) is 3.47. The average Bonchev–Trinajstić information content (AvgIpc) is 3.40. The number of aliphatic hydroxyl groups is 1. The summed E-state index contributed by atoms with van der Waals surface area (Å²) in [6, 6.07) is 14.3. The summed E-state index contributed by atoms with van der Waals surface area (Å²) < 4.78 is 1.68. The molecule has 3 aromatic rings. The molecule has 2 aromatic heterocycles. The highest BCUT2D eigenvalue weighted by Gasteiger charge is 2.57. The Kier molecular flexibility index (Phi) is 5.48. The lowest BCUT2D eigenvalue weighted by molar-refractivity contribution is -0.134. The summed E-state index contributed by atoms with van der Waals surface area (Å²) in [4.78, 5) is 45.9. The molecule has 0 unspecified atom stereocenters. The number of carbonyl (C=O) groups is 2. The van der Waals surface area contributed by atoms with Gasteiger partial charge >= 0.3 is 0 Å². The van der Waals surface area contributed by atoms with Crippen LogP contribution in [-0.4, -0.2) is 50.1 Å². The van der Waals surface area contributed by atoms with E-state index in [0.717, 1.165) is 12.8 Å². The minimum Gasteiger partial charge on any atom is -0.396 e. The largest absolute Gasteiger partial charge is 0.396 e. The molecule has 1 aliphatic carbocycles. The summed E-state index contributed by atoms with van der Waals surface area (Å²) in [6.07, 6.45) is 4.82. The molecule has 6 rings (SSSR count). The van der Waals surface area contributed by atoms with E-state index in [0.29, 0.717) is 16.8 Å². The second-order valence-corrected chi connectivity index (χ2v) is 10.0. The van der Waals surface area contributed by atoms with E-state index in [1.165, 1.54) is 18.1 Å². The molecular weight excluding hydrogens is 456 g/mol. The van der Waals surface area contributed by atoms with Gasteiger partial charge < -0.3 is 19.9 Å². The van der Waals surface area contributed by atoms with Crippen molar-refractivity contribution >= 4 is 11.8 Å². The van der Waals surface area contributed by atoms with Crippen molar-refractivity contribution in [1.29, 1.82) is 0 Å². The quantitative estimate of drug-likeness (QED) is 0.587. The van der Waals surface area contributed by atoms with Crippen molar-refractivity contribution in [2.45, 2.75) is 44.4 Å². The summed E-state index contributed by atoms with van der Waals surface area (Å²) in [5.74, 6) is -1.46. The molecule has 2 bridgehead atoms. The molecule has 2 aliphatic heterocycles. The molecule has 0 saturated carbocycles. The van der Waals surface area contributed by atoms with Crippen LogP contribution in [0.1, 0.15) is 29.8 Å². The smallest absolute Gasteiger partial charge is 0.258 e. The fourth-order valence-corrected chi connectivity index (χ4v) is 6.54. The molecule has 1 fully saturated rings. The SMILES string of the molecule is CC(=O)N1[C@@H]2Cn3c(ccc(-c4cccnc4)c3=O)[C@H]1[C@@H](C(=O)NC1Cc3ccccc3C1)[C@@H]2CO. The van der Waals surface area contributed by atoms with Gasteiger partial charge in [0, 0.05) is 61.2 Å². The number of aromatic nitrogens is 2. The Labute approximate surface area is 208 Å². The second-order valence-electron chi connectivity index (χ2n) is 10.0. The number of hydrogen-bond donors (Lipinski definition) is 2. The zero-order valence-corrected chi connectivity index (χ0v) is 20.0. The highest BCUT2D eigenvalue weighted by atomic mass is 16.3. The molecule has 1 aromatic carbocycles. The van der Waals surface area contributed by atoms with E-state index in [1.807, 2.05) is 24.3 Å². The van der Waals surface area contributed by atoms with Gasteiger partial charge in [-0.1, -0.05) is 30.3 Å². The number of aliphatic hydroxyl groups excluding tert-OH is 1. The molecule has 0 radical (unpaired) electrons. The lowest BCUT2D eigenvalue weighted by Gasteiger charge is -2.37. The Hall–Kier alpha value is -3.78. The van der Waals surface area contributed by atoms with Crippen molar-refractivity contribution in [3.63, 3.8) is 0 Å². The van der Waals surface area contributed by atoms with Crippen molar-refractivity contribution < 1.29 is 14.7 Å². The monoisotopic (exact) mass is 484 g/mol. The first-order valence-electron chi connectivity index (χ1n) is 12.4. The van der Waals surface area contributed by atoms with Crippen molar-refractivity contribution in [1.82, 2.24) is 19.8 Å². The lowest BCUT2D eigenvalue weighted by Crippen LogP contribution is -2.48. The number of hydrogen-bond acceptors (Lipinski definition) is 5. The molecular formula is C28H28N4O4. The summed E-state index contributed by atoms with van der Waals surface area (Å²) in [5.41, 5.74) is 4.15. The van der Waals surface area contributed by atoms with E-state index >= 15 is 0 Å². The fourth-order valence-electron chi connectivity index (χ4n) is 6.54. The van der Waals surface area contributed by atoms with Crippen LogP contribution in [0.5, 0.6) is 0 Å². The minimum absolute atomic E-state index is 0.0318. The fraction of sp³-hybridized carbons (Fsp3) is 0.357. The summed E-state index contributed by atoms with van der Waals surface area (Å²) in [6.45, 7) is 1.48. The summed E-state index contributed by atoms with van der Waals surface area (Å²) in [7, 11) is 0. The van der Waals surface area contributed by atoms with Crippen molar-refractivity contribution in [3.8, 4) is 11.1 Å². The van der Waals surface area contributed by atoms with Gasteiger partial charge in [0.05, 0.1) is 18.0 Å². The Bertz CT molecular complexity index is 1380. The van der Waals surface area contributed by atoms with Gasteiger partial charge in [0.2, 0.25) is 11.8 Å². The number of nitrogens with zero attached hydrogens (tertiary/aromatic N) is 3. The maximum atomic E-state index is 13.8. The zero-order chi connectivity index (χ0) is 25.0. The van der Waals surface area contributed by atoms with Crippen LogP contribution < -0.4 is 10.9 Å². The van der Waals surface area contributed by atoms with Gasteiger partial charge in [-0.3, -0.25) is 19.4 Å². The Morgan fingerprint density at radius 2 is 1.83 bits per heavy atom. The molecule has 3 aliphatic rings. The van der Waals surface area contributed by atoms with Gasteiger partial charge in [0.25, 0.3) is 5.56 Å². The van der Waals surface area contributed by atoms with Gasteiger partial charge in [-0.25, -0.2) is 0 Å². The van der Waals surface area contributed by atoms with Crippen molar-refractivity contribution in [2.24, 2.45) is 11.8 Å². The molecule has 2 amide bonds. The Balaban J connectivity index is 1.37. The van der Waals surface area contributed by atoms with Crippen molar-refractivity contribution in [3.05, 3.63) is 88.1 Å². The van der Waals surface area contributed by atoms with E-state index in [1.54, 1.807) is 34.0 Å². The highest BCUT2D eigenvalue weighted by Crippen LogP contribution is 2.48. The molecule has 2 N–H and O–H groups in total. The molecule has 8 heteroatoms. The predicted molar refractivity (Wildman–Crippen MR) is 133 cm³/mol. The van der Waals surface area contributed by atoms with E-state index in [2.05, 4.69) is 22.4 Å². The third-order valence-corrected chi connectivity index (χ3v) is 8.08. The van der Waals surface area contributed by atoms with Crippen LogP contribution in [0.4, 0.5) is 0 Å². The zero-order valence-electron chi connectivity index (χ0n) is 20.0. The maximum Gasteiger partial charge on any atom is 0.258 e. The van der Waals surface area contributed by atoms with Gasteiger partial charge in [-0.15, -0.1) is 0 Å². The van der Waals surface area contributed by atoms with Crippen LogP contribution in [0.3, 0.4) is 0 Å². The van der Waals surface area contributed by atoms with Crippen LogP contribution in [0.25, 0.3) is 11.1 Å². The van der Waals surface area contributed by atoms with Gasteiger partial charge in [0.15, 0.2) is 0 Å². The molecule has 4 heterocycles. The average molecular weight is 485 g/mol. The standard InChI is InChI=1S/C28H28N4O4/c1-16(34)32-24-14-31-23(9-8-21(28(31)36)19-7-4-10-29-13-19)26(32)25(22(24)15-33)27(35)30-20-11-17-5-2-3-6-18(17)12-20/h2-10,13,20,22,24-26,33H,11-12,14-15H2,1H3,(H,30,35)/t22-,24-,25+,26+/m1/s1. The summed E-state index contributed by atoms with van der Waals surface area (Å²) >= 11 is 0. The molecule has 36 heavy (non-hydrogen) atoms. The predicted octanol–water partition coefficient (Wildman–Crippen LogP) is 1.70. The molecule has 8 nitrogen and oxygen atoms in total. The van der Waals surface area contributed by atoms with Gasteiger partial charge in [-0.2, -0.15) is 0 Å². The first-order chi connectivity index (χ1) is 17.5. The van der Waals surface area contributed by atoms with E-state index < -0.39 is 23.9 Å². The topological polar surface area (TPSA) is 105 Å². The first kappa shape index (κ1) is 22.7. The number of benzene rings is 1. The first-order valence-corrected chi connectivity index (χ1v) is 12.4. The van der Waals surface area contributed by atoms with Gasteiger partial charge in [-0.05, 0) is 42.2 Å². The van der Waals surface area contributed by atoms with Crippen LogP contribution in [-0.2, 0) is 29.0 Å². The summed E-state index contributed by atoms with van der Waals surface area (Å²) in [5, 5.41) is 13.6. The number of rotatable bonds is 4. The lowest BCUT2D eigenvalue weighted by atomic mass is 9.86. The number of fused-ring (bicyclic) bond motifs is 5. The van der Waals surface area contributed by atoms with Crippen molar-refractivity contribution in [2.75, 3.05) is 6.61 Å². The highest BCUT2D eigenvalue weighted by molar-refractivity contribution is 5.84. The number of nitrogens with one attached hydrogen (secondary N) is 1.